The Morgan fingerprint density at radius 2 is 0.789 bits per heavy atom. The monoisotopic (exact) mass is 825 g/mol. The Balaban J connectivity index is 0.000000969. The van der Waals surface area contributed by atoms with Crippen LogP contribution in [0.2, 0.25) is 0 Å². The van der Waals surface area contributed by atoms with Crippen LogP contribution in [-0.4, -0.2) is 4.70 Å². The number of aryl methyl sites for hydroxylation is 2. The van der Waals surface area contributed by atoms with Gasteiger partial charge in [0.15, 0.2) is 0 Å². The van der Waals surface area contributed by atoms with E-state index in [1.165, 1.54) is 175 Å². The second kappa shape index (κ2) is 39.5. The average molecular weight is 826 g/mol. The molecule has 0 atom stereocenters. The molecule has 0 bridgehead atoms. The van der Waals surface area contributed by atoms with Crippen LogP contribution in [0.3, 0.4) is 0 Å². The van der Waals surface area contributed by atoms with Crippen molar-refractivity contribution < 1.29 is 21.2 Å². The van der Waals surface area contributed by atoms with Crippen LogP contribution in [0.1, 0.15) is 243 Å². The van der Waals surface area contributed by atoms with Crippen molar-refractivity contribution in [3.05, 3.63) is 102 Å². The molecule has 0 aromatic heterocycles. The minimum absolute atomic E-state index is 0. The summed E-state index contributed by atoms with van der Waals surface area (Å²) in [5.74, 6) is 0. The van der Waals surface area contributed by atoms with Gasteiger partial charge in [0.1, 0.15) is 0 Å². The second-order valence-electron chi connectivity index (χ2n) is 16.5. The zero-order valence-corrected chi connectivity index (χ0v) is 39.2. The molecule has 0 radical (unpaired) electrons. The molecule has 0 spiro atoms. The van der Waals surface area contributed by atoms with E-state index in [0.717, 1.165) is 67.5 Å². The predicted molar refractivity (Wildman–Crippen MR) is 252 cm³/mol. The van der Waals surface area contributed by atoms with Crippen LogP contribution >= 0.6 is 0 Å². The standard InChI is InChI=1S/C28H36N2.2C13H27.Ni/c1-4-7-12-22-14-10-17-24(19-22)27-21-26(16-9-6-3)28(30(27)29)25-18-11-15-23(20-25)13-8-5-2;2*1-3-5-7-9-11-13-12-10-8-6-4-2;/h10-11,14-15,17-21H,4-9,12-13,16H2,1-3H3;2*1,3-13H2,2H3;/q;2*-1;+2. The molecule has 3 heteroatoms. The predicted octanol–water partition coefficient (Wildman–Crippen LogP) is 18.6. The molecule has 1 heterocycles. The molecule has 0 aliphatic carbocycles. The minimum Gasteiger partial charge on any atom is -0.493 e. The van der Waals surface area contributed by atoms with Crippen molar-refractivity contribution in [1.29, 1.82) is 0 Å². The summed E-state index contributed by atoms with van der Waals surface area (Å²) in [5, 5.41) is 0. The minimum atomic E-state index is 0. The van der Waals surface area contributed by atoms with Crippen molar-refractivity contribution in [3.8, 4) is 0 Å². The maximum absolute atomic E-state index is 11.3. The van der Waals surface area contributed by atoms with E-state index in [4.69, 9.17) is 0 Å². The SMILES string of the molecule is CCCCC1=C(c2cccc(CCCC)c2)[N+](=[N-])C(c2cccc(CCCC)c2)=C1.[CH2-]CCCCCCCCCCCC.[CH2-]CCCCCCCCCCCC.[Ni+2]. The zero-order valence-electron chi connectivity index (χ0n) is 38.2. The van der Waals surface area contributed by atoms with Crippen LogP contribution in [0.25, 0.3) is 16.9 Å². The van der Waals surface area contributed by atoms with Crippen LogP contribution in [-0.2, 0) is 29.3 Å². The molecule has 2 aromatic rings. The number of nitrogens with zero attached hydrogens (tertiary/aromatic N) is 2. The average Bonchev–Trinajstić information content (AvgIpc) is 3.56. The molecule has 2 aromatic carbocycles. The molecular weight excluding hydrogens is 735 g/mol. The van der Waals surface area contributed by atoms with Gasteiger partial charge in [0.2, 0.25) is 11.4 Å². The maximum atomic E-state index is 11.3. The van der Waals surface area contributed by atoms with Crippen LogP contribution in [0.4, 0.5) is 0 Å². The Morgan fingerprint density at radius 3 is 1.19 bits per heavy atom. The third-order valence-electron chi connectivity index (χ3n) is 11.1. The van der Waals surface area contributed by atoms with Crippen molar-refractivity contribution >= 4 is 11.4 Å². The number of unbranched alkanes of at least 4 members (excludes halogenated alkanes) is 23. The van der Waals surface area contributed by atoms with Crippen molar-refractivity contribution in [2.75, 3.05) is 0 Å². The van der Waals surface area contributed by atoms with E-state index >= 15 is 0 Å². The summed E-state index contributed by atoms with van der Waals surface area (Å²) in [7, 11) is 0. The largest absolute Gasteiger partial charge is 2.00 e. The molecule has 0 unspecified atom stereocenters. The van der Waals surface area contributed by atoms with Gasteiger partial charge in [-0.05, 0) is 73.9 Å². The van der Waals surface area contributed by atoms with E-state index < -0.39 is 0 Å². The molecule has 3 rings (SSSR count). The summed E-state index contributed by atoms with van der Waals surface area (Å²) in [6, 6.07) is 17.4. The summed E-state index contributed by atoms with van der Waals surface area (Å²) < 4.78 is 1.43. The normalized spacial score (nSPS) is 12.1. The third kappa shape index (κ3) is 26.7. The summed E-state index contributed by atoms with van der Waals surface area (Å²) >= 11 is 0. The van der Waals surface area contributed by atoms with Crippen molar-refractivity contribution in [2.45, 2.75) is 234 Å². The van der Waals surface area contributed by atoms with Gasteiger partial charge in [-0.2, -0.15) is 12.8 Å². The van der Waals surface area contributed by atoms with E-state index in [1.807, 2.05) is 0 Å². The van der Waals surface area contributed by atoms with Gasteiger partial charge in [0, 0.05) is 22.8 Å². The van der Waals surface area contributed by atoms with Crippen LogP contribution in [0, 0.1) is 13.8 Å². The zero-order chi connectivity index (χ0) is 40.9. The molecule has 1 aliphatic rings. The van der Waals surface area contributed by atoms with Gasteiger partial charge < -0.3 is 19.4 Å². The molecular formula is C54H90N2Ni. The summed E-state index contributed by atoms with van der Waals surface area (Å²) in [6.07, 6.45) is 43.2. The van der Waals surface area contributed by atoms with Crippen molar-refractivity contribution in [2.24, 2.45) is 0 Å². The van der Waals surface area contributed by atoms with Gasteiger partial charge >= 0.3 is 16.5 Å². The van der Waals surface area contributed by atoms with E-state index in [1.54, 1.807) is 0 Å². The molecule has 1 aliphatic heterocycles. The number of hydrogen-bond donors (Lipinski definition) is 0. The first-order valence-corrected chi connectivity index (χ1v) is 24.2. The fourth-order valence-corrected chi connectivity index (χ4v) is 7.47. The molecule has 0 N–H and O–H groups in total. The first-order valence-electron chi connectivity index (χ1n) is 24.2. The quantitative estimate of drug-likeness (QED) is 0.0313. The van der Waals surface area contributed by atoms with Crippen LogP contribution in [0.15, 0.2) is 60.2 Å². The molecule has 0 amide bonds. The van der Waals surface area contributed by atoms with Gasteiger partial charge in [-0.1, -0.05) is 207 Å². The van der Waals surface area contributed by atoms with Crippen molar-refractivity contribution in [1.82, 2.24) is 0 Å². The van der Waals surface area contributed by atoms with Gasteiger partial charge in [0.25, 0.3) is 0 Å². The van der Waals surface area contributed by atoms with E-state index in [9.17, 15) is 5.53 Å². The second-order valence-corrected chi connectivity index (χ2v) is 16.5. The van der Waals surface area contributed by atoms with Gasteiger partial charge in [-0.3, -0.25) is 0 Å². The van der Waals surface area contributed by atoms with E-state index in [2.05, 4.69) is 103 Å². The third-order valence-corrected chi connectivity index (χ3v) is 11.1. The molecule has 0 saturated heterocycles. The molecule has 57 heavy (non-hydrogen) atoms. The first-order chi connectivity index (χ1) is 27.5. The number of allylic oxidation sites excluding steroid dienone is 2. The molecule has 0 saturated carbocycles. The van der Waals surface area contributed by atoms with Crippen LogP contribution in [0.5, 0.6) is 0 Å². The smallest absolute Gasteiger partial charge is 0.493 e. The van der Waals surface area contributed by atoms with Crippen LogP contribution < -0.4 is 0 Å². The van der Waals surface area contributed by atoms with E-state index in [0.29, 0.717) is 0 Å². The van der Waals surface area contributed by atoms with Gasteiger partial charge in [0.05, 0.1) is 0 Å². The van der Waals surface area contributed by atoms with Gasteiger partial charge in [-0.15, -0.1) is 0 Å². The fraction of sp³-hybridized carbons (Fsp3) is 0.667. The Hall–Kier alpha value is -1.99. The maximum Gasteiger partial charge on any atom is 2.00 e. The topological polar surface area (TPSA) is 25.3 Å². The van der Waals surface area contributed by atoms with E-state index in [-0.39, 0.29) is 16.5 Å². The van der Waals surface area contributed by atoms with Crippen molar-refractivity contribution in [3.63, 3.8) is 0 Å². The Kier molecular flexibility index (Phi) is 38.1. The molecule has 326 valence electrons. The fourth-order valence-electron chi connectivity index (χ4n) is 7.47. The molecule has 0 fully saturated rings. The first kappa shape index (κ1) is 55.0. The van der Waals surface area contributed by atoms with Gasteiger partial charge in [-0.25, -0.2) is 4.70 Å². The summed E-state index contributed by atoms with van der Waals surface area (Å²) in [4.78, 5) is 0. The Bertz CT molecular complexity index is 1250. The Labute approximate surface area is 366 Å². The number of benzene rings is 2. The summed E-state index contributed by atoms with van der Waals surface area (Å²) in [5.41, 5.74) is 19.3. The molecule has 2 nitrogen and oxygen atoms in total. The number of rotatable bonds is 31. The Morgan fingerprint density at radius 1 is 0.439 bits per heavy atom. The number of hydrogen-bond acceptors (Lipinski definition) is 0. The summed E-state index contributed by atoms with van der Waals surface area (Å²) in [6.45, 7) is 18.9.